The Morgan fingerprint density at radius 2 is 1.80 bits per heavy atom. The van der Waals surface area contributed by atoms with E-state index in [1.54, 1.807) is 24.3 Å². The van der Waals surface area contributed by atoms with Crippen LogP contribution in [-0.2, 0) is 10.0 Å². The van der Waals surface area contributed by atoms with Gasteiger partial charge in [0, 0.05) is 18.8 Å². The lowest BCUT2D eigenvalue weighted by molar-refractivity contribution is 0.0995. The summed E-state index contributed by atoms with van der Waals surface area (Å²) in [6.07, 6.45) is 1.76. The molecule has 2 heterocycles. The van der Waals surface area contributed by atoms with Crippen LogP contribution in [0.4, 0.5) is 5.69 Å². The van der Waals surface area contributed by atoms with Crippen LogP contribution in [0.25, 0.3) is 0 Å². The van der Waals surface area contributed by atoms with Crippen LogP contribution >= 0.6 is 15.9 Å². The summed E-state index contributed by atoms with van der Waals surface area (Å²) in [7, 11) is -3.48. The van der Waals surface area contributed by atoms with Crippen LogP contribution in [0.1, 0.15) is 30.3 Å². The Hall–Kier alpha value is -1.64. The maximum absolute atomic E-state index is 12.7. The fraction of sp³-hybridized carbons (Fsp3) is 0.353. The van der Waals surface area contributed by atoms with Crippen LogP contribution in [0.5, 0.6) is 0 Å². The zero-order chi connectivity index (χ0) is 18.0. The number of benzene rings is 1. The average molecular weight is 427 g/mol. The topological polar surface area (TPSA) is 79.6 Å². The van der Waals surface area contributed by atoms with Gasteiger partial charge in [0.25, 0.3) is 5.91 Å². The van der Waals surface area contributed by atoms with Crippen molar-refractivity contribution in [3.05, 3.63) is 46.8 Å². The minimum Gasteiger partial charge on any atom is -0.444 e. The molecule has 0 unspecified atom stereocenters. The van der Waals surface area contributed by atoms with Gasteiger partial charge in [0.05, 0.1) is 4.90 Å². The van der Waals surface area contributed by atoms with Crippen LogP contribution in [0.15, 0.2) is 50.4 Å². The number of amides is 1. The van der Waals surface area contributed by atoms with E-state index in [9.17, 15) is 13.2 Å². The zero-order valence-electron chi connectivity index (χ0n) is 13.7. The van der Waals surface area contributed by atoms with Crippen molar-refractivity contribution >= 4 is 37.5 Å². The summed E-state index contributed by atoms with van der Waals surface area (Å²) >= 11 is 3.14. The van der Waals surface area contributed by atoms with Crippen molar-refractivity contribution in [1.29, 1.82) is 0 Å². The minimum atomic E-state index is -3.48. The van der Waals surface area contributed by atoms with Crippen LogP contribution in [-0.4, -0.2) is 31.7 Å². The molecule has 1 fully saturated rings. The predicted octanol–water partition coefficient (Wildman–Crippen LogP) is 3.72. The summed E-state index contributed by atoms with van der Waals surface area (Å²) in [6, 6.07) is 9.37. The van der Waals surface area contributed by atoms with E-state index in [4.69, 9.17) is 4.42 Å². The van der Waals surface area contributed by atoms with Crippen molar-refractivity contribution in [2.24, 2.45) is 5.92 Å². The Morgan fingerprint density at radius 3 is 2.36 bits per heavy atom. The van der Waals surface area contributed by atoms with Gasteiger partial charge in [0.2, 0.25) is 10.0 Å². The number of sulfonamides is 1. The van der Waals surface area contributed by atoms with E-state index in [-0.39, 0.29) is 10.7 Å². The molecule has 1 amide bonds. The Labute approximate surface area is 155 Å². The van der Waals surface area contributed by atoms with E-state index in [0.29, 0.717) is 29.4 Å². The Bertz CT molecular complexity index is 853. The lowest BCUT2D eigenvalue weighted by atomic mass is 10.0. The van der Waals surface area contributed by atoms with Gasteiger partial charge in [-0.15, -0.1) is 0 Å². The third-order valence-electron chi connectivity index (χ3n) is 4.29. The number of rotatable bonds is 4. The highest BCUT2D eigenvalue weighted by atomic mass is 79.9. The molecule has 134 valence electrons. The summed E-state index contributed by atoms with van der Waals surface area (Å²) in [5.41, 5.74) is 0.503. The maximum atomic E-state index is 12.7. The number of carbonyl (C=O) groups excluding carboxylic acids is 1. The van der Waals surface area contributed by atoms with E-state index >= 15 is 0 Å². The van der Waals surface area contributed by atoms with Gasteiger partial charge in [-0.1, -0.05) is 6.92 Å². The molecule has 3 rings (SSSR count). The van der Waals surface area contributed by atoms with Crippen LogP contribution in [0, 0.1) is 5.92 Å². The van der Waals surface area contributed by atoms with Gasteiger partial charge in [-0.05, 0) is 71.1 Å². The van der Waals surface area contributed by atoms with Crippen molar-refractivity contribution in [1.82, 2.24) is 4.31 Å². The SMILES string of the molecule is CC1CCN(S(=O)(=O)c2ccc(NC(=O)c3ccc(Br)o3)cc2)CC1. The van der Waals surface area contributed by atoms with E-state index in [0.717, 1.165) is 12.8 Å². The van der Waals surface area contributed by atoms with E-state index < -0.39 is 15.9 Å². The molecular weight excluding hydrogens is 408 g/mol. The van der Waals surface area contributed by atoms with Crippen LogP contribution in [0.3, 0.4) is 0 Å². The first-order chi connectivity index (χ1) is 11.9. The lowest BCUT2D eigenvalue weighted by Gasteiger charge is -2.29. The van der Waals surface area contributed by atoms with E-state index in [2.05, 4.69) is 28.2 Å². The number of hydrogen-bond acceptors (Lipinski definition) is 4. The molecule has 1 aliphatic heterocycles. The highest BCUT2D eigenvalue weighted by Crippen LogP contribution is 2.24. The number of anilines is 1. The standard InChI is InChI=1S/C17H19BrN2O4S/c1-12-8-10-20(11-9-12)25(22,23)14-4-2-13(3-5-14)19-17(21)15-6-7-16(18)24-15/h2-7,12H,8-11H2,1H3,(H,19,21). The molecule has 0 radical (unpaired) electrons. The van der Waals surface area contributed by atoms with Gasteiger partial charge < -0.3 is 9.73 Å². The first kappa shape index (κ1) is 18.2. The highest BCUT2D eigenvalue weighted by Gasteiger charge is 2.27. The molecule has 8 heteroatoms. The van der Waals surface area contributed by atoms with Gasteiger partial charge in [-0.2, -0.15) is 4.31 Å². The molecule has 0 saturated carbocycles. The summed E-state index contributed by atoms with van der Waals surface area (Å²) in [4.78, 5) is 12.3. The highest BCUT2D eigenvalue weighted by molar-refractivity contribution is 9.10. The fourth-order valence-corrected chi connectivity index (χ4v) is 4.49. The average Bonchev–Trinajstić information content (AvgIpc) is 3.02. The Kier molecular flexibility index (Phi) is 5.31. The number of nitrogens with zero attached hydrogens (tertiary/aromatic N) is 1. The summed E-state index contributed by atoms with van der Waals surface area (Å²) in [6.45, 7) is 3.24. The predicted molar refractivity (Wildman–Crippen MR) is 98.0 cm³/mol. The smallest absolute Gasteiger partial charge is 0.291 e. The first-order valence-corrected chi connectivity index (χ1v) is 10.3. The first-order valence-electron chi connectivity index (χ1n) is 8.03. The summed E-state index contributed by atoms with van der Waals surface area (Å²) in [5.74, 6) is 0.336. The molecule has 1 aromatic carbocycles. The number of piperidine rings is 1. The van der Waals surface area contributed by atoms with Crippen molar-refractivity contribution in [2.45, 2.75) is 24.7 Å². The van der Waals surface area contributed by atoms with E-state index in [1.165, 1.54) is 16.4 Å². The van der Waals surface area contributed by atoms with Gasteiger partial charge in [0.1, 0.15) is 0 Å². The van der Waals surface area contributed by atoms with Crippen molar-refractivity contribution in [3.63, 3.8) is 0 Å². The normalized spacial score (nSPS) is 16.7. The van der Waals surface area contributed by atoms with Crippen LogP contribution in [0.2, 0.25) is 0 Å². The molecule has 6 nitrogen and oxygen atoms in total. The summed E-state index contributed by atoms with van der Waals surface area (Å²) in [5, 5.41) is 2.67. The monoisotopic (exact) mass is 426 g/mol. The number of furan rings is 1. The number of nitrogens with one attached hydrogen (secondary N) is 1. The third-order valence-corrected chi connectivity index (χ3v) is 6.63. The molecule has 2 aromatic rings. The molecule has 1 aliphatic rings. The van der Waals surface area contributed by atoms with E-state index in [1.807, 2.05) is 0 Å². The van der Waals surface area contributed by atoms with Gasteiger partial charge >= 0.3 is 0 Å². The number of hydrogen-bond donors (Lipinski definition) is 1. The second-order valence-electron chi connectivity index (χ2n) is 6.17. The quantitative estimate of drug-likeness (QED) is 0.807. The van der Waals surface area contributed by atoms with Gasteiger partial charge in [0.15, 0.2) is 10.4 Å². The molecule has 0 atom stereocenters. The van der Waals surface area contributed by atoms with Crippen molar-refractivity contribution in [2.75, 3.05) is 18.4 Å². The van der Waals surface area contributed by atoms with Crippen molar-refractivity contribution in [3.8, 4) is 0 Å². The fourth-order valence-electron chi connectivity index (χ4n) is 2.71. The number of halogens is 1. The Morgan fingerprint density at radius 1 is 1.16 bits per heavy atom. The molecule has 1 N–H and O–H groups in total. The number of carbonyl (C=O) groups is 1. The van der Waals surface area contributed by atoms with Gasteiger partial charge in [-0.25, -0.2) is 8.42 Å². The molecule has 0 bridgehead atoms. The largest absolute Gasteiger partial charge is 0.444 e. The van der Waals surface area contributed by atoms with Crippen LogP contribution < -0.4 is 5.32 Å². The maximum Gasteiger partial charge on any atom is 0.291 e. The van der Waals surface area contributed by atoms with Crippen molar-refractivity contribution < 1.29 is 17.6 Å². The summed E-state index contributed by atoms with van der Waals surface area (Å²) < 4.78 is 32.5. The molecule has 0 spiro atoms. The second kappa shape index (κ2) is 7.31. The minimum absolute atomic E-state index is 0.172. The lowest BCUT2D eigenvalue weighted by Crippen LogP contribution is -2.37. The molecule has 0 aliphatic carbocycles. The Balaban J connectivity index is 1.70. The van der Waals surface area contributed by atoms with Gasteiger partial charge in [-0.3, -0.25) is 4.79 Å². The molecule has 25 heavy (non-hydrogen) atoms. The second-order valence-corrected chi connectivity index (χ2v) is 8.89. The molecule has 1 saturated heterocycles. The molecule has 1 aromatic heterocycles. The third kappa shape index (κ3) is 4.13. The molecular formula is C17H19BrN2O4S. The zero-order valence-corrected chi connectivity index (χ0v) is 16.1.